The summed E-state index contributed by atoms with van der Waals surface area (Å²) in [5.74, 6) is 0.163. The number of para-hydroxylation sites is 1. The zero-order valence-corrected chi connectivity index (χ0v) is 10.6. The first kappa shape index (κ1) is 14.9. The minimum atomic E-state index is 0. The third-order valence-corrected chi connectivity index (χ3v) is 2.34. The van der Waals surface area contributed by atoms with Crippen molar-refractivity contribution in [2.75, 3.05) is 25.5 Å². The monoisotopic (exact) mass is 242 g/mol. The number of anilines is 1. The van der Waals surface area contributed by atoms with Gasteiger partial charge in [-0.05, 0) is 32.1 Å². The lowest BCUT2D eigenvalue weighted by atomic mass is 10.2. The summed E-state index contributed by atoms with van der Waals surface area (Å²) in [6.45, 7) is 0.883. The molecule has 0 aromatic heterocycles. The summed E-state index contributed by atoms with van der Waals surface area (Å²) in [7, 11) is 3.71. The summed E-state index contributed by atoms with van der Waals surface area (Å²) in [6, 6.07) is 9.70. The Hall–Kier alpha value is -1.06. The Bertz CT molecular complexity index is 303. The fourth-order valence-electron chi connectivity index (χ4n) is 1.38. The van der Waals surface area contributed by atoms with Gasteiger partial charge in [-0.25, -0.2) is 0 Å². The van der Waals surface area contributed by atoms with E-state index in [1.807, 2.05) is 44.4 Å². The quantitative estimate of drug-likeness (QED) is 0.802. The fraction of sp³-hybridized carbons (Fsp3) is 0.417. The molecule has 0 heterocycles. The Morgan fingerprint density at radius 1 is 1.31 bits per heavy atom. The summed E-state index contributed by atoms with van der Waals surface area (Å²) < 4.78 is 0. The Balaban J connectivity index is 0.00000225. The lowest BCUT2D eigenvalue weighted by molar-refractivity contribution is -0.118. The maximum atomic E-state index is 11.7. The standard InChI is InChI=1S/C12H18N2O.ClH/c1-13-10-6-9-12(15)14(2)11-7-4-3-5-8-11;/h3-5,7-8,13H,6,9-10H2,1-2H3;1H. The molecule has 1 rings (SSSR count). The number of amides is 1. The van der Waals surface area contributed by atoms with Crippen molar-refractivity contribution in [1.82, 2.24) is 5.32 Å². The third-order valence-electron chi connectivity index (χ3n) is 2.34. The van der Waals surface area contributed by atoms with Gasteiger partial charge >= 0.3 is 0 Å². The van der Waals surface area contributed by atoms with Crippen molar-refractivity contribution in [2.24, 2.45) is 0 Å². The Labute approximate surface area is 103 Å². The molecule has 0 spiro atoms. The fourth-order valence-corrected chi connectivity index (χ4v) is 1.38. The summed E-state index contributed by atoms with van der Waals surface area (Å²) in [4.78, 5) is 13.4. The molecule has 0 fully saturated rings. The van der Waals surface area contributed by atoms with Crippen molar-refractivity contribution in [3.8, 4) is 0 Å². The SMILES string of the molecule is CNCCCC(=O)N(C)c1ccccc1.Cl. The van der Waals surface area contributed by atoms with E-state index < -0.39 is 0 Å². The number of hydrogen-bond donors (Lipinski definition) is 1. The van der Waals surface area contributed by atoms with E-state index in [4.69, 9.17) is 0 Å². The zero-order valence-electron chi connectivity index (χ0n) is 9.77. The number of rotatable bonds is 5. The highest BCUT2D eigenvalue weighted by Gasteiger charge is 2.09. The van der Waals surface area contributed by atoms with Crippen molar-refractivity contribution >= 4 is 24.0 Å². The Morgan fingerprint density at radius 3 is 2.50 bits per heavy atom. The van der Waals surface area contributed by atoms with E-state index in [2.05, 4.69) is 5.32 Å². The molecular weight excluding hydrogens is 224 g/mol. The number of hydrogen-bond acceptors (Lipinski definition) is 2. The zero-order chi connectivity index (χ0) is 11.1. The molecule has 0 radical (unpaired) electrons. The van der Waals surface area contributed by atoms with Crippen LogP contribution >= 0.6 is 12.4 Å². The molecule has 0 saturated heterocycles. The molecule has 0 aliphatic heterocycles. The number of nitrogens with one attached hydrogen (secondary N) is 1. The molecule has 0 bridgehead atoms. The highest BCUT2D eigenvalue weighted by atomic mass is 35.5. The molecule has 3 nitrogen and oxygen atoms in total. The van der Waals surface area contributed by atoms with E-state index >= 15 is 0 Å². The number of benzene rings is 1. The minimum Gasteiger partial charge on any atom is -0.320 e. The van der Waals surface area contributed by atoms with Gasteiger partial charge in [0.1, 0.15) is 0 Å². The van der Waals surface area contributed by atoms with Crippen LogP contribution in [-0.2, 0) is 4.79 Å². The number of carbonyl (C=O) groups is 1. The molecule has 4 heteroatoms. The molecule has 0 aliphatic carbocycles. The van der Waals surface area contributed by atoms with Crippen LogP contribution in [0.15, 0.2) is 30.3 Å². The summed E-state index contributed by atoms with van der Waals surface area (Å²) >= 11 is 0. The molecule has 1 aromatic carbocycles. The van der Waals surface area contributed by atoms with Gasteiger partial charge in [0.05, 0.1) is 0 Å². The van der Waals surface area contributed by atoms with Crippen LogP contribution in [0.5, 0.6) is 0 Å². The van der Waals surface area contributed by atoms with Gasteiger partial charge in [-0.3, -0.25) is 4.79 Å². The van der Waals surface area contributed by atoms with E-state index in [0.717, 1.165) is 18.7 Å². The first-order valence-electron chi connectivity index (χ1n) is 5.22. The second-order valence-electron chi connectivity index (χ2n) is 3.50. The summed E-state index contributed by atoms with van der Waals surface area (Å²) in [5.41, 5.74) is 0.951. The molecule has 16 heavy (non-hydrogen) atoms. The topological polar surface area (TPSA) is 32.3 Å². The minimum absolute atomic E-state index is 0. The van der Waals surface area contributed by atoms with E-state index in [9.17, 15) is 4.79 Å². The van der Waals surface area contributed by atoms with Crippen LogP contribution in [0.3, 0.4) is 0 Å². The van der Waals surface area contributed by atoms with Crippen LogP contribution in [0.2, 0.25) is 0 Å². The molecule has 1 N–H and O–H groups in total. The predicted molar refractivity (Wildman–Crippen MR) is 70.3 cm³/mol. The molecule has 0 saturated carbocycles. The predicted octanol–water partition coefficient (Wildman–Crippen LogP) is 2.07. The average molecular weight is 243 g/mol. The molecule has 0 atom stereocenters. The maximum Gasteiger partial charge on any atom is 0.226 e. The molecule has 1 aromatic rings. The van der Waals surface area contributed by atoms with Gasteiger partial charge in [-0.1, -0.05) is 18.2 Å². The Kier molecular flexibility index (Phi) is 7.60. The van der Waals surface area contributed by atoms with Crippen LogP contribution in [0.1, 0.15) is 12.8 Å². The van der Waals surface area contributed by atoms with Crippen molar-refractivity contribution in [2.45, 2.75) is 12.8 Å². The molecular formula is C12H19ClN2O. The normalized spacial score (nSPS) is 9.38. The van der Waals surface area contributed by atoms with E-state index in [1.165, 1.54) is 0 Å². The van der Waals surface area contributed by atoms with Gasteiger partial charge in [0.25, 0.3) is 0 Å². The smallest absolute Gasteiger partial charge is 0.226 e. The van der Waals surface area contributed by atoms with Gasteiger partial charge in [0.15, 0.2) is 0 Å². The summed E-state index contributed by atoms with van der Waals surface area (Å²) in [6.07, 6.45) is 1.47. The highest BCUT2D eigenvalue weighted by molar-refractivity contribution is 5.92. The van der Waals surface area contributed by atoms with Crippen molar-refractivity contribution in [3.05, 3.63) is 30.3 Å². The first-order chi connectivity index (χ1) is 7.25. The Morgan fingerprint density at radius 2 is 1.94 bits per heavy atom. The second-order valence-corrected chi connectivity index (χ2v) is 3.50. The van der Waals surface area contributed by atoms with Gasteiger partial charge in [-0.2, -0.15) is 0 Å². The summed E-state index contributed by atoms with van der Waals surface area (Å²) in [5, 5.41) is 3.03. The number of carbonyl (C=O) groups excluding carboxylic acids is 1. The van der Waals surface area contributed by atoms with E-state index in [1.54, 1.807) is 4.90 Å². The molecule has 0 unspecified atom stereocenters. The van der Waals surface area contributed by atoms with Gasteiger partial charge in [0.2, 0.25) is 5.91 Å². The van der Waals surface area contributed by atoms with Crippen LogP contribution in [0.4, 0.5) is 5.69 Å². The molecule has 1 amide bonds. The second kappa shape index (κ2) is 8.13. The lowest BCUT2D eigenvalue weighted by Gasteiger charge is -2.16. The number of nitrogens with zero attached hydrogens (tertiary/aromatic N) is 1. The average Bonchev–Trinajstić information content (AvgIpc) is 2.29. The van der Waals surface area contributed by atoms with Crippen LogP contribution in [0, 0.1) is 0 Å². The van der Waals surface area contributed by atoms with Crippen LogP contribution in [0.25, 0.3) is 0 Å². The van der Waals surface area contributed by atoms with E-state index in [-0.39, 0.29) is 18.3 Å². The maximum absolute atomic E-state index is 11.7. The number of halogens is 1. The van der Waals surface area contributed by atoms with Gasteiger partial charge < -0.3 is 10.2 Å². The lowest BCUT2D eigenvalue weighted by Crippen LogP contribution is -2.26. The van der Waals surface area contributed by atoms with Gasteiger partial charge in [0, 0.05) is 19.2 Å². The first-order valence-corrected chi connectivity index (χ1v) is 5.22. The largest absolute Gasteiger partial charge is 0.320 e. The van der Waals surface area contributed by atoms with Crippen LogP contribution < -0.4 is 10.2 Å². The van der Waals surface area contributed by atoms with Gasteiger partial charge in [-0.15, -0.1) is 12.4 Å². The van der Waals surface area contributed by atoms with Crippen molar-refractivity contribution < 1.29 is 4.79 Å². The highest BCUT2D eigenvalue weighted by Crippen LogP contribution is 2.12. The van der Waals surface area contributed by atoms with E-state index in [0.29, 0.717) is 6.42 Å². The third kappa shape index (κ3) is 4.64. The molecule has 0 aliphatic rings. The molecule has 90 valence electrons. The van der Waals surface area contributed by atoms with Crippen LogP contribution in [-0.4, -0.2) is 26.5 Å². The van der Waals surface area contributed by atoms with Crippen molar-refractivity contribution in [1.29, 1.82) is 0 Å². The van der Waals surface area contributed by atoms with Crippen molar-refractivity contribution in [3.63, 3.8) is 0 Å².